The number of nitrogens with zero attached hydrogens (tertiary/aromatic N) is 4. The summed E-state index contributed by atoms with van der Waals surface area (Å²) < 4.78 is 1.66. The van der Waals surface area contributed by atoms with Crippen molar-refractivity contribution in [2.75, 3.05) is 45.1 Å². The van der Waals surface area contributed by atoms with Crippen LogP contribution in [0, 0.1) is 0 Å². The number of carbonyl (C=O) groups excluding carboxylic acids is 1. The molecule has 0 aliphatic carbocycles. The number of piperazine rings is 1. The molecule has 100 valence electrons. The van der Waals surface area contributed by atoms with E-state index in [9.17, 15) is 4.79 Å². The van der Waals surface area contributed by atoms with E-state index in [1.807, 2.05) is 7.05 Å². The monoisotopic (exact) mass is 251 g/mol. The molecule has 0 aromatic carbocycles. The third kappa shape index (κ3) is 3.54. The minimum Gasteiger partial charge on any atom is -0.311 e. The molecule has 1 fully saturated rings. The lowest BCUT2D eigenvalue weighted by Crippen LogP contribution is -2.45. The number of likely N-dealkylation sites (N-methyl/N-ethyl adjacent to an activating group) is 1. The van der Waals surface area contributed by atoms with E-state index in [1.165, 1.54) is 0 Å². The third-order valence-corrected chi connectivity index (χ3v) is 3.34. The van der Waals surface area contributed by atoms with Crippen LogP contribution in [0.5, 0.6) is 0 Å². The van der Waals surface area contributed by atoms with Gasteiger partial charge >= 0.3 is 0 Å². The maximum absolute atomic E-state index is 11.8. The average Bonchev–Trinajstić information content (AvgIpc) is 2.74. The number of hydrogen-bond donors (Lipinski definition) is 1. The van der Waals surface area contributed by atoms with Crippen LogP contribution in [0.15, 0.2) is 12.3 Å². The first-order chi connectivity index (χ1) is 8.65. The second-order valence-corrected chi connectivity index (χ2v) is 4.78. The van der Waals surface area contributed by atoms with E-state index in [0.29, 0.717) is 6.42 Å². The van der Waals surface area contributed by atoms with Crippen LogP contribution in [0.1, 0.15) is 6.42 Å². The van der Waals surface area contributed by atoms with E-state index in [-0.39, 0.29) is 5.91 Å². The molecule has 0 spiro atoms. The summed E-state index contributed by atoms with van der Waals surface area (Å²) >= 11 is 0. The summed E-state index contributed by atoms with van der Waals surface area (Å²) in [7, 11) is 3.95. The number of carbonyl (C=O) groups is 1. The second kappa shape index (κ2) is 5.97. The van der Waals surface area contributed by atoms with Gasteiger partial charge in [0, 0.05) is 52.3 Å². The van der Waals surface area contributed by atoms with E-state index < -0.39 is 0 Å². The molecule has 6 heteroatoms. The van der Waals surface area contributed by atoms with Crippen molar-refractivity contribution in [3.63, 3.8) is 0 Å². The molecule has 1 aliphatic heterocycles. The van der Waals surface area contributed by atoms with Crippen LogP contribution >= 0.6 is 0 Å². The summed E-state index contributed by atoms with van der Waals surface area (Å²) in [6, 6.07) is 1.80. The number of rotatable bonds is 4. The van der Waals surface area contributed by atoms with Crippen molar-refractivity contribution in [3.05, 3.63) is 12.3 Å². The minimum absolute atomic E-state index is 0.0533. The molecule has 1 aromatic heterocycles. The number of aryl methyl sites for hydroxylation is 1. The summed E-state index contributed by atoms with van der Waals surface area (Å²) in [5.41, 5.74) is 0. The highest BCUT2D eigenvalue weighted by Crippen LogP contribution is 2.05. The average molecular weight is 251 g/mol. The summed E-state index contributed by atoms with van der Waals surface area (Å²) in [6.45, 7) is 5.11. The predicted octanol–water partition coefficient (Wildman–Crippen LogP) is -0.00390. The van der Waals surface area contributed by atoms with E-state index in [0.717, 1.165) is 38.5 Å². The van der Waals surface area contributed by atoms with Crippen molar-refractivity contribution in [1.82, 2.24) is 19.6 Å². The first kappa shape index (κ1) is 13.0. The highest BCUT2D eigenvalue weighted by atomic mass is 16.1. The molecule has 6 nitrogen and oxygen atoms in total. The van der Waals surface area contributed by atoms with Gasteiger partial charge in [0.05, 0.1) is 6.20 Å². The maximum Gasteiger partial charge on any atom is 0.226 e. The molecule has 1 N–H and O–H groups in total. The molecule has 0 bridgehead atoms. The van der Waals surface area contributed by atoms with Crippen molar-refractivity contribution >= 4 is 11.7 Å². The maximum atomic E-state index is 11.8. The molecule has 1 aromatic rings. The van der Waals surface area contributed by atoms with Crippen molar-refractivity contribution in [1.29, 1.82) is 0 Å². The molecule has 0 atom stereocenters. The fraction of sp³-hybridized carbons (Fsp3) is 0.667. The van der Waals surface area contributed by atoms with Gasteiger partial charge in [0.15, 0.2) is 0 Å². The Balaban J connectivity index is 1.70. The lowest BCUT2D eigenvalue weighted by Gasteiger charge is -2.32. The Labute approximate surface area is 108 Å². The molecule has 0 saturated carbocycles. The standard InChI is InChI=1S/C12H21N5O/c1-15-7-9-17(10-8-15)6-4-12(18)14-11-3-5-13-16(11)2/h3,5H,4,6-10H2,1-2H3,(H,14,18). The Morgan fingerprint density at radius 2 is 2.06 bits per heavy atom. The molecule has 1 aliphatic rings. The van der Waals surface area contributed by atoms with Crippen molar-refractivity contribution < 1.29 is 4.79 Å². The van der Waals surface area contributed by atoms with Crippen LogP contribution in [-0.2, 0) is 11.8 Å². The van der Waals surface area contributed by atoms with Crippen molar-refractivity contribution in [2.24, 2.45) is 7.05 Å². The highest BCUT2D eigenvalue weighted by molar-refractivity contribution is 5.89. The van der Waals surface area contributed by atoms with E-state index in [4.69, 9.17) is 0 Å². The Morgan fingerprint density at radius 1 is 1.33 bits per heavy atom. The summed E-state index contributed by atoms with van der Waals surface area (Å²) in [4.78, 5) is 16.4. The van der Waals surface area contributed by atoms with Crippen LogP contribution in [0.4, 0.5) is 5.82 Å². The highest BCUT2D eigenvalue weighted by Gasteiger charge is 2.14. The zero-order valence-electron chi connectivity index (χ0n) is 11.1. The van der Waals surface area contributed by atoms with Gasteiger partial charge in [0.2, 0.25) is 5.91 Å². The normalized spacial score (nSPS) is 17.9. The zero-order chi connectivity index (χ0) is 13.0. The topological polar surface area (TPSA) is 53.4 Å². The molecular weight excluding hydrogens is 230 g/mol. The number of amides is 1. The largest absolute Gasteiger partial charge is 0.311 e. The number of anilines is 1. The van der Waals surface area contributed by atoms with Crippen LogP contribution in [-0.4, -0.2) is 65.3 Å². The van der Waals surface area contributed by atoms with Crippen molar-refractivity contribution in [3.8, 4) is 0 Å². The summed E-state index contributed by atoms with van der Waals surface area (Å²) in [5, 5.41) is 6.88. The van der Waals surface area contributed by atoms with Gasteiger partial charge in [-0.25, -0.2) is 0 Å². The SMILES string of the molecule is CN1CCN(CCC(=O)Nc2ccnn2C)CC1. The van der Waals surface area contributed by atoms with Gasteiger partial charge in [-0.1, -0.05) is 0 Å². The van der Waals surface area contributed by atoms with E-state index in [1.54, 1.807) is 16.9 Å². The molecule has 18 heavy (non-hydrogen) atoms. The number of nitrogens with one attached hydrogen (secondary N) is 1. The van der Waals surface area contributed by atoms with Gasteiger partial charge in [-0.05, 0) is 7.05 Å². The van der Waals surface area contributed by atoms with Crippen molar-refractivity contribution in [2.45, 2.75) is 6.42 Å². The van der Waals surface area contributed by atoms with Gasteiger partial charge in [-0.2, -0.15) is 5.10 Å². The number of hydrogen-bond acceptors (Lipinski definition) is 4. The van der Waals surface area contributed by atoms with Gasteiger partial charge in [0.1, 0.15) is 5.82 Å². The zero-order valence-corrected chi connectivity index (χ0v) is 11.1. The fourth-order valence-electron chi connectivity index (χ4n) is 2.03. The molecule has 0 radical (unpaired) electrons. The lowest BCUT2D eigenvalue weighted by atomic mass is 10.3. The number of aromatic nitrogens is 2. The van der Waals surface area contributed by atoms with Crippen LogP contribution in [0.2, 0.25) is 0 Å². The first-order valence-electron chi connectivity index (χ1n) is 6.34. The molecule has 2 rings (SSSR count). The summed E-state index contributed by atoms with van der Waals surface area (Å²) in [5.74, 6) is 0.802. The predicted molar refractivity (Wildman–Crippen MR) is 70.4 cm³/mol. The minimum atomic E-state index is 0.0533. The summed E-state index contributed by atoms with van der Waals surface area (Å²) in [6.07, 6.45) is 2.21. The van der Waals surface area contributed by atoms with E-state index in [2.05, 4.69) is 27.3 Å². The Bertz CT molecular complexity index is 395. The van der Waals surface area contributed by atoms with Gasteiger partial charge in [-0.3, -0.25) is 9.48 Å². The Kier molecular flexibility index (Phi) is 4.33. The lowest BCUT2D eigenvalue weighted by molar-refractivity contribution is -0.116. The van der Waals surface area contributed by atoms with Crippen LogP contribution in [0.3, 0.4) is 0 Å². The second-order valence-electron chi connectivity index (χ2n) is 4.78. The molecular formula is C12H21N5O. The van der Waals surface area contributed by atoms with Gasteiger partial charge in [-0.15, -0.1) is 0 Å². The quantitative estimate of drug-likeness (QED) is 0.818. The first-order valence-corrected chi connectivity index (χ1v) is 6.34. The van der Waals surface area contributed by atoms with Crippen LogP contribution < -0.4 is 5.32 Å². The smallest absolute Gasteiger partial charge is 0.226 e. The molecule has 0 unspecified atom stereocenters. The molecule has 1 saturated heterocycles. The molecule has 1 amide bonds. The van der Waals surface area contributed by atoms with Crippen LogP contribution in [0.25, 0.3) is 0 Å². The third-order valence-electron chi connectivity index (χ3n) is 3.34. The Morgan fingerprint density at radius 3 is 2.67 bits per heavy atom. The molecule has 2 heterocycles. The van der Waals surface area contributed by atoms with Gasteiger partial charge in [0.25, 0.3) is 0 Å². The Hall–Kier alpha value is -1.40. The van der Waals surface area contributed by atoms with Gasteiger partial charge < -0.3 is 15.1 Å². The van der Waals surface area contributed by atoms with E-state index >= 15 is 0 Å². The fourth-order valence-corrected chi connectivity index (χ4v) is 2.03.